The standard InChI is InChI=1S/2C7H9NO.C4H6O6/c2*1-9-7-4-2-3-6(8)5-7;5-1(3(7)8)2(6)4(9)10/h2*2-5H,8H2,1H3;1-2,5-6H,(H,7,8)(H,9,10). The molecule has 2 atom stereocenters. The lowest BCUT2D eigenvalue weighted by atomic mass is 10.2. The van der Waals surface area contributed by atoms with E-state index in [2.05, 4.69) is 0 Å². The lowest BCUT2D eigenvalue weighted by Gasteiger charge is -2.07. The number of anilines is 2. The normalized spacial score (nSPS) is 11.4. The minimum absolute atomic E-state index is 0.731. The Balaban J connectivity index is 0.000000391. The highest BCUT2D eigenvalue weighted by atomic mass is 16.5. The monoisotopic (exact) mass is 396 g/mol. The first-order chi connectivity index (χ1) is 13.1. The molecular formula is C18H24N2O8. The predicted molar refractivity (Wildman–Crippen MR) is 102 cm³/mol. The number of hydrogen-bond donors (Lipinski definition) is 6. The lowest BCUT2D eigenvalue weighted by Crippen LogP contribution is -2.39. The Labute approximate surface area is 161 Å². The van der Waals surface area contributed by atoms with Crippen LogP contribution in [0.3, 0.4) is 0 Å². The van der Waals surface area contributed by atoms with Crippen molar-refractivity contribution in [2.45, 2.75) is 12.2 Å². The molecule has 0 aliphatic carbocycles. The fourth-order valence-electron chi connectivity index (χ4n) is 1.55. The third-order valence-electron chi connectivity index (χ3n) is 2.99. The van der Waals surface area contributed by atoms with Crippen molar-refractivity contribution in [3.63, 3.8) is 0 Å². The Morgan fingerprint density at radius 3 is 1.29 bits per heavy atom. The summed E-state index contributed by atoms with van der Waals surface area (Å²) in [6.45, 7) is 0. The van der Waals surface area contributed by atoms with E-state index in [4.69, 9.17) is 41.4 Å². The summed E-state index contributed by atoms with van der Waals surface area (Å²) in [5.41, 5.74) is 12.4. The van der Waals surface area contributed by atoms with E-state index < -0.39 is 24.1 Å². The fraction of sp³-hybridized carbons (Fsp3) is 0.222. The Morgan fingerprint density at radius 1 is 0.786 bits per heavy atom. The van der Waals surface area contributed by atoms with Gasteiger partial charge in [0.25, 0.3) is 0 Å². The summed E-state index contributed by atoms with van der Waals surface area (Å²) in [5, 5.41) is 32.5. The molecule has 2 unspecified atom stereocenters. The second-order valence-corrected chi connectivity index (χ2v) is 5.12. The van der Waals surface area contributed by atoms with E-state index in [-0.39, 0.29) is 0 Å². The van der Waals surface area contributed by atoms with Crippen molar-refractivity contribution in [2.75, 3.05) is 25.7 Å². The number of aliphatic carboxylic acids is 2. The number of carboxylic acid groups (broad SMARTS) is 2. The first-order valence-electron chi connectivity index (χ1n) is 7.73. The number of methoxy groups -OCH3 is 2. The van der Waals surface area contributed by atoms with E-state index in [1.54, 1.807) is 26.4 Å². The molecule has 0 saturated heterocycles. The molecule has 0 aliphatic heterocycles. The molecule has 8 N–H and O–H groups in total. The third kappa shape index (κ3) is 9.85. The average molecular weight is 396 g/mol. The first kappa shape index (κ1) is 24.5. The maximum Gasteiger partial charge on any atom is 0.335 e. The molecule has 2 aromatic carbocycles. The summed E-state index contributed by atoms with van der Waals surface area (Å²) in [6, 6.07) is 14.6. The van der Waals surface area contributed by atoms with E-state index in [0.29, 0.717) is 0 Å². The molecule has 0 heterocycles. The number of rotatable bonds is 5. The Bertz CT molecular complexity index is 690. The minimum atomic E-state index is -2.27. The molecule has 0 aliphatic rings. The van der Waals surface area contributed by atoms with Gasteiger partial charge in [-0.3, -0.25) is 0 Å². The molecule has 10 heteroatoms. The Kier molecular flexibility index (Phi) is 11.2. The third-order valence-corrected chi connectivity index (χ3v) is 2.99. The number of benzene rings is 2. The van der Waals surface area contributed by atoms with Crippen LogP contribution in [0.2, 0.25) is 0 Å². The van der Waals surface area contributed by atoms with Crippen molar-refractivity contribution in [1.29, 1.82) is 0 Å². The van der Waals surface area contributed by atoms with Crippen LogP contribution in [-0.4, -0.2) is 58.8 Å². The second kappa shape index (κ2) is 12.8. The predicted octanol–water partition coefficient (Wildman–Crippen LogP) is 0.432. The SMILES string of the molecule is COc1cccc(N)c1.COc1cccc(N)c1.O=C(O)C(O)C(O)C(=O)O. The molecule has 2 aromatic rings. The molecule has 28 heavy (non-hydrogen) atoms. The van der Waals surface area contributed by atoms with Gasteiger partial charge < -0.3 is 41.4 Å². The van der Waals surface area contributed by atoms with E-state index in [9.17, 15) is 9.59 Å². The number of hydrogen-bond acceptors (Lipinski definition) is 8. The van der Waals surface area contributed by atoms with E-state index in [0.717, 1.165) is 22.9 Å². The molecule has 0 fully saturated rings. The molecule has 0 radical (unpaired) electrons. The largest absolute Gasteiger partial charge is 0.497 e. The Hall–Kier alpha value is -3.50. The number of nitrogens with two attached hydrogens (primary N) is 2. The van der Waals surface area contributed by atoms with Crippen molar-refractivity contribution in [3.8, 4) is 11.5 Å². The first-order valence-corrected chi connectivity index (χ1v) is 7.73. The number of ether oxygens (including phenoxy) is 2. The van der Waals surface area contributed by atoms with Gasteiger partial charge in [-0.15, -0.1) is 0 Å². The van der Waals surface area contributed by atoms with Crippen LogP contribution in [0.15, 0.2) is 48.5 Å². The molecule has 10 nitrogen and oxygen atoms in total. The molecule has 0 aromatic heterocycles. The summed E-state index contributed by atoms with van der Waals surface area (Å²) in [5.74, 6) is -1.94. The quantitative estimate of drug-likeness (QED) is 0.387. The molecule has 0 spiro atoms. The molecule has 2 rings (SSSR count). The van der Waals surface area contributed by atoms with Gasteiger partial charge in [-0.2, -0.15) is 0 Å². The van der Waals surface area contributed by atoms with Crippen LogP contribution >= 0.6 is 0 Å². The van der Waals surface area contributed by atoms with Gasteiger partial charge in [0.05, 0.1) is 14.2 Å². The van der Waals surface area contributed by atoms with Crippen LogP contribution in [0.4, 0.5) is 11.4 Å². The van der Waals surface area contributed by atoms with Gasteiger partial charge in [-0.1, -0.05) is 12.1 Å². The highest BCUT2D eigenvalue weighted by molar-refractivity contribution is 5.83. The Morgan fingerprint density at radius 2 is 1.11 bits per heavy atom. The number of carboxylic acids is 2. The van der Waals surface area contributed by atoms with Crippen LogP contribution < -0.4 is 20.9 Å². The number of nitrogen functional groups attached to an aromatic ring is 2. The van der Waals surface area contributed by atoms with Gasteiger partial charge in [0.2, 0.25) is 0 Å². The van der Waals surface area contributed by atoms with Gasteiger partial charge in [0.1, 0.15) is 11.5 Å². The molecule has 0 bridgehead atoms. The minimum Gasteiger partial charge on any atom is -0.497 e. The van der Waals surface area contributed by atoms with Crippen LogP contribution in [0.1, 0.15) is 0 Å². The highest BCUT2D eigenvalue weighted by Crippen LogP contribution is 2.13. The zero-order chi connectivity index (χ0) is 21.7. The molecular weight excluding hydrogens is 372 g/mol. The molecule has 154 valence electrons. The number of aliphatic hydroxyl groups is 2. The molecule has 0 saturated carbocycles. The van der Waals surface area contributed by atoms with Crippen molar-refractivity contribution < 1.29 is 39.5 Å². The van der Waals surface area contributed by atoms with Crippen LogP contribution in [-0.2, 0) is 9.59 Å². The maximum absolute atomic E-state index is 9.77. The van der Waals surface area contributed by atoms with E-state index in [1.165, 1.54) is 0 Å². The summed E-state index contributed by atoms with van der Waals surface area (Å²) < 4.78 is 9.83. The highest BCUT2D eigenvalue weighted by Gasteiger charge is 2.29. The zero-order valence-electron chi connectivity index (χ0n) is 15.4. The van der Waals surface area contributed by atoms with Gasteiger partial charge in [-0.25, -0.2) is 9.59 Å². The topological polar surface area (TPSA) is 186 Å². The lowest BCUT2D eigenvalue weighted by molar-refractivity contribution is -0.165. The van der Waals surface area contributed by atoms with Crippen molar-refractivity contribution in [2.24, 2.45) is 0 Å². The van der Waals surface area contributed by atoms with Gasteiger partial charge in [-0.05, 0) is 24.3 Å². The number of carbonyl (C=O) groups is 2. The van der Waals surface area contributed by atoms with E-state index in [1.807, 2.05) is 36.4 Å². The van der Waals surface area contributed by atoms with Crippen LogP contribution in [0, 0.1) is 0 Å². The van der Waals surface area contributed by atoms with Crippen molar-refractivity contribution in [1.82, 2.24) is 0 Å². The van der Waals surface area contributed by atoms with Gasteiger partial charge >= 0.3 is 11.9 Å². The second-order valence-electron chi connectivity index (χ2n) is 5.12. The fourth-order valence-corrected chi connectivity index (χ4v) is 1.55. The summed E-state index contributed by atoms with van der Waals surface area (Å²) in [6.07, 6.45) is -4.53. The summed E-state index contributed by atoms with van der Waals surface area (Å²) >= 11 is 0. The van der Waals surface area contributed by atoms with Crippen molar-refractivity contribution >= 4 is 23.3 Å². The maximum atomic E-state index is 9.77. The van der Waals surface area contributed by atoms with Crippen LogP contribution in [0.25, 0.3) is 0 Å². The molecule has 0 amide bonds. The van der Waals surface area contributed by atoms with Crippen LogP contribution in [0.5, 0.6) is 11.5 Å². The summed E-state index contributed by atoms with van der Waals surface area (Å²) in [7, 11) is 3.24. The smallest absolute Gasteiger partial charge is 0.335 e. The zero-order valence-corrected chi connectivity index (χ0v) is 15.4. The number of aliphatic hydroxyl groups excluding tert-OH is 2. The average Bonchev–Trinajstić information content (AvgIpc) is 2.67. The van der Waals surface area contributed by atoms with Gasteiger partial charge in [0.15, 0.2) is 12.2 Å². The van der Waals surface area contributed by atoms with Gasteiger partial charge in [0, 0.05) is 23.5 Å². The summed E-state index contributed by atoms with van der Waals surface area (Å²) in [4.78, 5) is 19.5. The van der Waals surface area contributed by atoms with E-state index >= 15 is 0 Å². The van der Waals surface area contributed by atoms with Crippen molar-refractivity contribution in [3.05, 3.63) is 48.5 Å².